The van der Waals surface area contributed by atoms with Crippen LogP contribution in [0.4, 0.5) is 5.82 Å². The molecule has 0 aromatic carbocycles. The fourth-order valence-corrected chi connectivity index (χ4v) is 3.11. The molecule has 0 fully saturated rings. The van der Waals surface area contributed by atoms with Crippen LogP contribution in [-0.4, -0.2) is 44.2 Å². The average molecular weight is 309 g/mol. The van der Waals surface area contributed by atoms with Crippen LogP contribution in [0.5, 0.6) is 0 Å². The van der Waals surface area contributed by atoms with E-state index in [0.717, 1.165) is 34.6 Å². The Morgan fingerprint density at radius 1 is 1.48 bits per heavy atom. The maximum atomic E-state index is 9.81. The van der Waals surface area contributed by atoms with Gasteiger partial charge >= 0.3 is 0 Å². The molecule has 0 saturated carbocycles. The number of aromatic nitrogens is 3. The summed E-state index contributed by atoms with van der Waals surface area (Å²) >= 11 is 1.85. The minimum absolute atomic E-state index is 0.250. The lowest BCUT2D eigenvalue weighted by Crippen LogP contribution is -2.31. The third kappa shape index (κ3) is 4.09. The number of aliphatic hydroxyl groups is 1. The molecule has 2 heterocycles. The van der Waals surface area contributed by atoms with Gasteiger partial charge in [-0.05, 0) is 18.4 Å². The van der Waals surface area contributed by atoms with Crippen LogP contribution in [-0.2, 0) is 6.54 Å². The van der Waals surface area contributed by atoms with E-state index in [2.05, 4.69) is 27.2 Å². The third-order valence-corrected chi connectivity index (χ3v) is 4.58. The first-order valence-electron chi connectivity index (χ1n) is 7.16. The molecule has 5 N–H and O–H groups in total. The molecule has 116 valence electrons. The third-order valence-electron chi connectivity index (χ3n) is 3.51. The molecule has 0 spiro atoms. The summed E-state index contributed by atoms with van der Waals surface area (Å²) < 4.78 is 0. The van der Waals surface area contributed by atoms with E-state index in [-0.39, 0.29) is 12.0 Å². The van der Waals surface area contributed by atoms with Crippen LogP contribution in [0.1, 0.15) is 19.4 Å². The van der Waals surface area contributed by atoms with Crippen molar-refractivity contribution in [3.63, 3.8) is 0 Å². The van der Waals surface area contributed by atoms with Crippen molar-refractivity contribution in [3.8, 4) is 0 Å². The highest BCUT2D eigenvalue weighted by atomic mass is 32.2. The summed E-state index contributed by atoms with van der Waals surface area (Å²) in [6.07, 6.45) is 3.07. The molecule has 0 saturated heterocycles. The number of hydrogen-bond donors (Lipinski definition) is 4. The van der Waals surface area contributed by atoms with Gasteiger partial charge in [-0.1, -0.05) is 6.92 Å². The Bertz CT molecular complexity index is 571. The predicted octanol–water partition coefficient (Wildman–Crippen LogP) is 1.38. The molecular formula is C14H23N5OS. The standard InChI is InChI=1S/C14H23N5OS/c1-3-21-7-11(9(2)20)5-16-4-10-6-17-13-12(10)18-8-19-14(13)15/h6,8-9,11,16-17,20H,3-5,7H2,1-2H3,(H2,15,18,19)/t9-,11-/m1/s1. The van der Waals surface area contributed by atoms with Gasteiger partial charge in [0.05, 0.1) is 11.6 Å². The first-order chi connectivity index (χ1) is 10.1. The Kier molecular flexibility index (Phi) is 5.84. The van der Waals surface area contributed by atoms with E-state index in [1.165, 1.54) is 6.33 Å². The lowest BCUT2D eigenvalue weighted by Gasteiger charge is -2.19. The van der Waals surface area contributed by atoms with Crippen molar-refractivity contribution in [2.75, 3.05) is 23.8 Å². The molecule has 0 bridgehead atoms. The molecule has 0 radical (unpaired) electrons. The topological polar surface area (TPSA) is 99.9 Å². The van der Waals surface area contributed by atoms with Crippen molar-refractivity contribution >= 4 is 28.6 Å². The SMILES string of the molecule is CCSC[C@@H](CNCc1c[nH]c2c(N)ncnc12)[C@@H](C)O. The van der Waals surface area contributed by atoms with E-state index < -0.39 is 0 Å². The minimum Gasteiger partial charge on any atom is -0.393 e. The summed E-state index contributed by atoms with van der Waals surface area (Å²) in [5.74, 6) is 2.75. The molecule has 0 aliphatic rings. The zero-order valence-electron chi connectivity index (χ0n) is 12.5. The number of nitrogens with one attached hydrogen (secondary N) is 2. The van der Waals surface area contributed by atoms with Crippen LogP contribution in [0, 0.1) is 5.92 Å². The maximum Gasteiger partial charge on any atom is 0.151 e. The molecule has 2 rings (SSSR count). The molecular weight excluding hydrogens is 286 g/mol. The highest BCUT2D eigenvalue weighted by Gasteiger charge is 2.15. The van der Waals surface area contributed by atoms with E-state index >= 15 is 0 Å². The van der Waals surface area contributed by atoms with Crippen LogP contribution in [0.15, 0.2) is 12.5 Å². The quantitative estimate of drug-likeness (QED) is 0.588. The van der Waals surface area contributed by atoms with Gasteiger partial charge in [-0.2, -0.15) is 11.8 Å². The van der Waals surface area contributed by atoms with E-state index in [1.54, 1.807) is 0 Å². The number of nitrogens with zero attached hydrogens (tertiary/aromatic N) is 2. The zero-order valence-corrected chi connectivity index (χ0v) is 13.3. The van der Waals surface area contributed by atoms with E-state index in [0.29, 0.717) is 12.4 Å². The van der Waals surface area contributed by atoms with Crippen LogP contribution in [0.25, 0.3) is 11.0 Å². The van der Waals surface area contributed by atoms with Crippen molar-refractivity contribution in [1.29, 1.82) is 0 Å². The van der Waals surface area contributed by atoms with Gasteiger partial charge in [-0.25, -0.2) is 9.97 Å². The van der Waals surface area contributed by atoms with Gasteiger partial charge in [0.2, 0.25) is 0 Å². The Morgan fingerprint density at radius 2 is 2.29 bits per heavy atom. The highest BCUT2D eigenvalue weighted by molar-refractivity contribution is 7.99. The number of fused-ring (bicyclic) bond motifs is 1. The molecule has 6 nitrogen and oxygen atoms in total. The first-order valence-corrected chi connectivity index (χ1v) is 8.31. The summed E-state index contributed by atoms with van der Waals surface area (Å²) in [6.45, 7) is 5.45. The number of aromatic amines is 1. The molecule has 2 aromatic rings. The second-order valence-electron chi connectivity index (χ2n) is 5.09. The van der Waals surface area contributed by atoms with Gasteiger partial charge in [0.1, 0.15) is 11.8 Å². The Labute approximate surface area is 128 Å². The molecule has 0 unspecified atom stereocenters. The second kappa shape index (κ2) is 7.63. The van der Waals surface area contributed by atoms with Crippen LogP contribution in [0.3, 0.4) is 0 Å². The number of anilines is 1. The number of thioether (sulfide) groups is 1. The lowest BCUT2D eigenvalue weighted by atomic mass is 10.1. The Balaban J connectivity index is 1.93. The normalized spacial score (nSPS) is 14.4. The lowest BCUT2D eigenvalue weighted by molar-refractivity contribution is 0.136. The number of nitrogen functional groups attached to an aromatic ring is 1. The minimum atomic E-state index is -0.308. The number of nitrogens with two attached hydrogens (primary N) is 1. The molecule has 2 aromatic heterocycles. The second-order valence-corrected chi connectivity index (χ2v) is 6.41. The summed E-state index contributed by atoms with van der Waals surface area (Å²) in [6, 6.07) is 0. The van der Waals surface area contributed by atoms with Crippen molar-refractivity contribution in [2.45, 2.75) is 26.5 Å². The van der Waals surface area contributed by atoms with Crippen molar-refractivity contribution in [1.82, 2.24) is 20.3 Å². The molecule has 0 aliphatic carbocycles. The average Bonchev–Trinajstić information content (AvgIpc) is 2.87. The fraction of sp³-hybridized carbons (Fsp3) is 0.571. The Morgan fingerprint density at radius 3 is 3.00 bits per heavy atom. The van der Waals surface area contributed by atoms with Gasteiger partial charge in [-0.15, -0.1) is 0 Å². The van der Waals surface area contributed by atoms with Crippen LogP contribution >= 0.6 is 11.8 Å². The van der Waals surface area contributed by atoms with Gasteiger partial charge in [0, 0.05) is 30.8 Å². The Hall–Kier alpha value is -1.31. The largest absolute Gasteiger partial charge is 0.393 e. The highest BCUT2D eigenvalue weighted by Crippen LogP contribution is 2.19. The molecule has 0 aliphatic heterocycles. The van der Waals surface area contributed by atoms with E-state index in [9.17, 15) is 5.11 Å². The van der Waals surface area contributed by atoms with Gasteiger partial charge in [0.25, 0.3) is 0 Å². The van der Waals surface area contributed by atoms with Crippen LogP contribution in [0.2, 0.25) is 0 Å². The molecule has 2 atom stereocenters. The number of rotatable bonds is 8. The monoisotopic (exact) mass is 309 g/mol. The van der Waals surface area contributed by atoms with Gasteiger partial charge < -0.3 is 21.1 Å². The van der Waals surface area contributed by atoms with Gasteiger partial charge in [-0.3, -0.25) is 0 Å². The number of hydrogen-bond acceptors (Lipinski definition) is 6. The zero-order chi connectivity index (χ0) is 15.2. The molecule has 21 heavy (non-hydrogen) atoms. The van der Waals surface area contributed by atoms with Gasteiger partial charge in [0.15, 0.2) is 5.82 Å². The van der Waals surface area contributed by atoms with Crippen molar-refractivity contribution in [2.24, 2.45) is 5.92 Å². The predicted molar refractivity (Wildman–Crippen MR) is 88.2 cm³/mol. The summed E-state index contributed by atoms with van der Waals surface area (Å²) in [4.78, 5) is 11.3. The molecule has 7 heteroatoms. The van der Waals surface area contributed by atoms with E-state index in [4.69, 9.17) is 5.73 Å². The van der Waals surface area contributed by atoms with Crippen LogP contribution < -0.4 is 11.1 Å². The summed E-state index contributed by atoms with van der Waals surface area (Å²) in [7, 11) is 0. The fourth-order valence-electron chi connectivity index (χ4n) is 2.18. The summed E-state index contributed by atoms with van der Waals surface area (Å²) in [5.41, 5.74) is 8.50. The summed E-state index contributed by atoms with van der Waals surface area (Å²) in [5, 5.41) is 13.2. The number of aliphatic hydroxyl groups excluding tert-OH is 1. The molecule has 0 amide bonds. The number of H-pyrrole nitrogens is 1. The van der Waals surface area contributed by atoms with Crippen molar-refractivity contribution in [3.05, 3.63) is 18.1 Å². The van der Waals surface area contributed by atoms with Crippen molar-refractivity contribution < 1.29 is 5.11 Å². The van der Waals surface area contributed by atoms with E-state index in [1.807, 2.05) is 24.9 Å². The first kappa shape index (κ1) is 16.1. The smallest absolute Gasteiger partial charge is 0.151 e. The maximum absolute atomic E-state index is 9.81.